The normalized spacial score (nSPS) is 10.4. The van der Waals surface area contributed by atoms with Crippen LogP contribution in [0.25, 0.3) is 0 Å². The van der Waals surface area contributed by atoms with Crippen molar-refractivity contribution >= 4 is 27.8 Å². The monoisotopic (exact) mass is 226 g/mol. The molecule has 14 heavy (non-hydrogen) atoms. The number of nitrogens with zero attached hydrogens (tertiary/aromatic N) is 3. The van der Waals surface area contributed by atoms with E-state index < -0.39 is 0 Å². The van der Waals surface area contributed by atoms with Gasteiger partial charge in [0, 0.05) is 18.3 Å². The number of rotatable bonds is 4. The number of nitrogens with one attached hydrogen (secondary N) is 1. The fraction of sp³-hybridized carbons (Fsp3) is 0.375. The number of hydrogen-bond acceptors (Lipinski definition) is 6. The number of aryl methyl sites for hydroxylation is 1. The Bertz CT molecular complexity index is 382. The van der Waals surface area contributed by atoms with Gasteiger partial charge in [-0.25, -0.2) is 4.98 Å². The van der Waals surface area contributed by atoms with E-state index in [0.29, 0.717) is 0 Å². The molecule has 74 valence electrons. The molecule has 0 amide bonds. The van der Waals surface area contributed by atoms with Gasteiger partial charge >= 0.3 is 0 Å². The zero-order valence-electron chi connectivity index (χ0n) is 7.73. The van der Waals surface area contributed by atoms with Gasteiger partial charge in [0.25, 0.3) is 0 Å². The van der Waals surface area contributed by atoms with E-state index in [1.165, 1.54) is 11.3 Å². The molecule has 0 aliphatic carbocycles. The maximum atomic E-state index is 4.38. The van der Waals surface area contributed by atoms with Crippen molar-refractivity contribution in [1.82, 2.24) is 15.2 Å². The SMILES string of the molecule is Cc1nc(CCNc2nncs2)cs1. The average molecular weight is 226 g/mol. The molecule has 0 saturated carbocycles. The van der Waals surface area contributed by atoms with Gasteiger partial charge in [0.15, 0.2) is 0 Å². The lowest BCUT2D eigenvalue weighted by Gasteiger charge is -1.98. The van der Waals surface area contributed by atoms with E-state index in [1.807, 2.05) is 6.92 Å². The summed E-state index contributed by atoms with van der Waals surface area (Å²) < 4.78 is 0. The third kappa shape index (κ3) is 2.49. The van der Waals surface area contributed by atoms with Gasteiger partial charge in [-0.1, -0.05) is 11.3 Å². The maximum absolute atomic E-state index is 4.38. The highest BCUT2D eigenvalue weighted by Gasteiger charge is 1.99. The van der Waals surface area contributed by atoms with Crippen LogP contribution in [0.4, 0.5) is 5.13 Å². The molecule has 0 atom stereocenters. The van der Waals surface area contributed by atoms with Crippen molar-refractivity contribution in [2.75, 3.05) is 11.9 Å². The van der Waals surface area contributed by atoms with Crippen molar-refractivity contribution in [2.45, 2.75) is 13.3 Å². The van der Waals surface area contributed by atoms with Crippen LogP contribution in [-0.2, 0) is 6.42 Å². The van der Waals surface area contributed by atoms with Crippen LogP contribution in [0.3, 0.4) is 0 Å². The largest absolute Gasteiger partial charge is 0.360 e. The lowest BCUT2D eigenvalue weighted by atomic mass is 10.3. The molecule has 0 aliphatic heterocycles. The Morgan fingerprint density at radius 3 is 3.00 bits per heavy atom. The first-order valence-electron chi connectivity index (χ1n) is 4.25. The standard InChI is InChI=1S/C8H10N4S2/c1-6-11-7(4-13-6)2-3-9-8-12-10-5-14-8/h4-5H,2-3H2,1H3,(H,9,12). The molecule has 6 heteroatoms. The molecule has 2 heterocycles. The second-order valence-corrected chi connectivity index (χ2v) is 4.67. The summed E-state index contributed by atoms with van der Waals surface area (Å²) >= 11 is 3.20. The maximum Gasteiger partial charge on any atom is 0.205 e. The average Bonchev–Trinajstić information content (AvgIpc) is 2.77. The summed E-state index contributed by atoms with van der Waals surface area (Å²) in [5.41, 5.74) is 2.86. The molecular formula is C8H10N4S2. The van der Waals surface area contributed by atoms with E-state index in [-0.39, 0.29) is 0 Å². The molecule has 0 radical (unpaired) electrons. The molecule has 0 spiro atoms. The van der Waals surface area contributed by atoms with Crippen molar-refractivity contribution in [2.24, 2.45) is 0 Å². The minimum atomic E-state index is 0.859. The van der Waals surface area contributed by atoms with Gasteiger partial charge in [0.2, 0.25) is 5.13 Å². The van der Waals surface area contributed by atoms with Gasteiger partial charge in [-0.2, -0.15) is 0 Å². The minimum Gasteiger partial charge on any atom is -0.360 e. The first kappa shape index (κ1) is 9.54. The minimum absolute atomic E-state index is 0.859. The second-order valence-electron chi connectivity index (χ2n) is 2.78. The second kappa shape index (κ2) is 4.47. The van der Waals surface area contributed by atoms with Gasteiger partial charge in [-0.3, -0.25) is 0 Å². The summed E-state index contributed by atoms with van der Waals surface area (Å²) in [7, 11) is 0. The van der Waals surface area contributed by atoms with Crippen LogP contribution in [0.1, 0.15) is 10.7 Å². The Hall–Kier alpha value is -1.01. The Balaban J connectivity index is 1.78. The Morgan fingerprint density at radius 2 is 2.36 bits per heavy atom. The molecule has 2 rings (SSSR count). The quantitative estimate of drug-likeness (QED) is 0.866. The zero-order chi connectivity index (χ0) is 9.80. The van der Waals surface area contributed by atoms with E-state index in [4.69, 9.17) is 0 Å². The lowest BCUT2D eigenvalue weighted by Crippen LogP contribution is -2.04. The molecule has 0 unspecified atom stereocenters. The molecule has 0 aromatic carbocycles. The van der Waals surface area contributed by atoms with Gasteiger partial charge in [-0.15, -0.1) is 21.5 Å². The van der Waals surface area contributed by atoms with E-state index in [9.17, 15) is 0 Å². The van der Waals surface area contributed by atoms with E-state index in [0.717, 1.165) is 28.8 Å². The Kier molecular flexibility index (Phi) is 3.05. The summed E-state index contributed by atoms with van der Waals surface area (Å²) in [4.78, 5) is 4.38. The lowest BCUT2D eigenvalue weighted by molar-refractivity contribution is 0.956. The molecule has 1 N–H and O–H groups in total. The first-order valence-corrected chi connectivity index (χ1v) is 6.01. The van der Waals surface area contributed by atoms with E-state index in [2.05, 4.69) is 25.9 Å². The third-order valence-electron chi connectivity index (χ3n) is 1.68. The van der Waals surface area contributed by atoms with Crippen molar-refractivity contribution in [1.29, 1.82) is 0 Å². The van der Waals surface area contributed by atoms with Crippen molar-refractivity contribution in [3.63, 3.8) is 0 Å². The Morgan fingerprint density at radius 1 is 1.43 bits per heavy atom. The predicted octanol–water partition coefficient (Wildman–Crippen LogP) is 1.96. The van der Waals surface area contributed by atoms with Gasteiger partial charge in [-0.05, 0) is 6.92 Å². The molecule has 0 aliphatic rings. The highest BCUT2D eigenvalue weighted by Crippen LogP contribution is 2.10. The van der Waals surface area contributed by atoms with Gasteiger partial charge < -0.3 is 5.32 Å². The number of aromatic nitrogens is 3. The fourth-order valence-electron chi connectivity index (χ4n) is 1.07. The van der Waals surface area contributed by atoms with Crippen molar-refractivity contribution in [3.05, 3.63) is 21.6 Å². The van der Waals surface area contributed by atoms with E-state index >= 15 is 0 Å². The van der Waals surface area contributed by atoms with Crippen LogP contribution in [0, 0.1) is 6.92 Å². The van der Waals surface area contributed by atoms with Crippen LogP contribution in [0.15, 0.2) is 10.9 Å². The van der Waals surface area contributed by atoms with Crippen molar-refractivity contribution < 1.29 is 0 Å². The van der Waals surface area contributed by atoms with Crippen LogP contribution < -0.4 is 5.32 Å². The molecule has 2 aromatic rings. The molecule has 0 fully saturated rings. The predicted molar refractivity (Wildman–Crippen MR) is 59.0 cm³/mol. The van der Waals surface area contributed by atoms with Crippen molar-refractivity contribution in [3.8, 4) is 0 Å². The molecular weight excluding hydrogens is 216 g/mol. The third-order valence-corrected chi connectivity index (χ3v) is 3.16. The van der Waals surface area contributed by atoms with Crippen LogP contribution in [-0.4, -0.2) is 21.7 Å². The van der Waals surface area contributed by atoms with Gasteiger partial charge in [0.1, 0.15) is 5.51 Å². The zero-order valence-corrected chi connectivity index (χ0v) is 9.36. The number of thiazole rings is 1. The van der Waals surface area contributed by atoms with Gasteiger partial charge in [0.05, 0.1) is 10.7 Å². The van der Waals surface area contributed by atoms with E-state index in [1.54, 1.807) is 16.8 Å². The summed E-state index contributed by atoms with van der Waals surface area (Å²) in [5, 5.41) is 14.9. The molecule has 0 saturated heterocycles. The fourth-order valence-corrected chi connectivity index (χ4v) is 2.19. The summed E-state index contributed by atoms with van der Waals surface area (Å²) in [6.45, 7) is 2.88. The summed E-state index contributed by atoms with van der Waals surface area (Å²) in [6, 6.07) is 0. The molecule has 4 nitrogen and oxygen atoms in total. The molecule has 2 aromatic heterocycles. The smallest absolute Gasteiger partial charge is 0.205 e. The highest BCUT2D eigenvalue weighted by atomic mass is 32.1. The number of hydrogen-bond donors (Lipinski definition) is 1. The van der Waals surface area contributed by atoms with Crippen LogP contribution in [0.2, 0.25) is 0 Å². The Labute approximate surface area is 90.0 Å². The number of anilines is 1. The van der Waals surface area contributed by atoms with Crippen LogP contribution >= 0.6 is 22.7 Å². The topological polar surface area (TPSA) is 50.7 Å². The first-order chi connectivity index (χ1) is 6.84. The van der Waals surface area contributed by atoms with Crippen LogP contribution in [0.5, 0.6) is 0 Å². The summed E-state index contributed by atoms with van der Waals surface area (Å²) in [6.07, 6.45) is 0.934. The molecule has 0 bridgehead atoms. The highest BCUT2D eigenvalue weighted by molar-refractivity contribution is 7.13. The summed E-state index contributed by atoms with van der Waals surface area (Å²) in [5.74, 6) is 0.